The molecule has 0 spiro atoms. The van der Waals surface area contributed by atoms with Gasteiger partial charge in [-0.25, -0.2) is 0 Å². The number of aliphatic hydroxyl groups is 1. The van der Waals surface area contributed by atoms with Gasteiger partial charge in [-0.1, -0.05) is 35.9 Å². The maximum atomic E-state index is 10.3. The van der Waals surface area contributed by atoms with Gasteiger partial charge < -0.3 is 9.84 Å². The molecule has 0 fully saturated rings. The van der Waals surface area contributed by atoms with Crippen LogP contribution in [-0.4, -0.2) is 12.2 Å². The molecule has 0 aliphatic heterocycles. The predicted molar refractivity (Wildman–Crippen MR) is 73.2 cm³/mol. The average Bonchev–Trinajstić information content (AvgIpc) is 2.41. The molecule has 0 aromatic heterocycles. The highest BCUT2D eigenvalue weighted by molar-refractivity contribution is 6.31. The Morgan fingerprint density at radius 1 is 1.06 bits per heavy atom. The third-order valence-electron chi connectivity index (χ3n) is 2.93. The highest BCUT2D eigenvalue weighted by atomic mass is 35.5. The monoisotopic (exact) mass is 262 g/mol. The minimum absolute atomic E-state index is 0.646. The Hall–Kier alpha value is -1.51. The third kappa shape index (κ3) is 2.66. The highest BCUT2D eigenvalue weighted by Gasteiger charge is 2.11. The van der Waals surface area contributed by atoms with E-state index in [0.717, 1.165) is 22.4 Å². The van der Waals surface area contributed by atoms with Crippen LogP contribution in [0.1, 0.15) is 22.8 Å². The zero-order chi connectivity index (χ0) is 13.1. The molecule has 94 valence electrons. The molecule has 0 heterocycles. The first kappa shape index (κ1) is 12.9. The molecule has 2 nitrogen and oxygen atoms in total. The van der Waals surface area contributed by atoms with Crippen molar-refractivity contribution in [1.29, 1.82) is 0 Å². The SMILES string of the molecule is COc1ccc(C(O)c2ccc(Cl)c(C)c2)cc1. The molecule has 18 heavy (non-hydrogen) atoms. The average molecular weight is 263 g/mol. The van der Waals surface area contributed by atoms with Crippen LogP contribution in [0.5, 0.6) is 5.75 Å². The molecule has 1 atom stereocenters. The predicted octanol–water partition coefficient (Wildman–Crippen LogP) is 3.74. The second-order valence-corrected chi connectivity index (χ2v) is 4.59. The first-order valence-corrected chi connectivity index (χ1v) is 6.07. The van der Waals surface area contributed by atoms with Gasteiger partial charge in [0.1, 0.15) is 11.9 Å². The Balaban J connectivity index is 2.28. The number of hydrogen-bond acceptors (Lipinski definition) is 2. The van der Waals surface area contributed by atoms with Crippen LogP contribution in [-0.2, 0) is 0 Å². The summed E-state index contributed by atoms with van der Waals surface area (Å²) < 4.78 is 5.09. The maximum absolute atomic E-state index is 10.3. The highest BCUT2D eigenvalue weighted by Crippen LogP contribution is 2.26. The summed E-state index contributed by atoms with van der Waals surface area (Å²) in [7, 11) is 1.62. The number of halogens is 1. The number of rotatable bonds is 3. The molecule has 1 unspecified atom stereocenters. The Bertz CT molecular complexity index is 535. The van der Waals surface area contributed by atoms with Crippen molar-refractivity contribution < 1.29 is 9.84 Å². The van der Waals surface area contributed by atoms with Crippen molar-refractivity contribution in [2.24, 2.45) is 0 Å². The van der Waals surface area contributed by atoms with E-state index in [0.29, 0.717) is 5.02 Å². The minimum Gasteiger partial charge on any atom is -0.497 e. The number of benzene rings is 2. The van der Waals surface area contributed by atoms with Gasteiger partial charge in [-0.15, -0.1) is 0 Å². The lowest BCUT2D eigenvalue weighted by molar-refractivity contribution is 0.220. The van der Waals surface area contributed by atoms with Gasteiger partial charge in [-0.2, -0.15) is 0 Å². The number of ether oxygens (including phenoxy) is 1. The van der Waals surface area contributed by atoms with E-state index in [1.165, 1.54) is 0 Å². The zero-order valence-corrected chi connectivity index (χ0v) is 11.1. The molecular formula is C15H15ClO2. The standard InChI is InChI=1S/C15H15ClO2/c1-10-9-12(5-8-14(10)16)15(17)11-3-6-13(18-2)7-4-11/h3-9,15,17H,1-2H3. The van der Waals surface area contributed by atoms with Crippen LogP contribution < -0.4 is 4.74 Å². The van der Waals surface area contributed by atoms with Gasteiger partial charge in [0.25, 0.3) is 0 Å². The molecule has 2 aromatic carbocycles. The van der Waals surface area contributed by atoms with Crippen LogP contribution >= 0.6 is 11.6 Å². The third-order valence-corrected chi connectivity index (χ3v) is 3.35. The van der Waals surface area contributed by atoms with E-state index in [-0.39, 0.29) is 0 Å². The molecule has 0 radical (unpaired) electrons. The summed E-state index contributed by atoms with van der Waals surface area (Å²) >= 11 is 5.97. The normalized spacial score (nSPS) is 12.2. The van der Waals surface area contributed by atoms with Crippen molar-refractivity contribution in [2.75, 3.05) is 7.11 Å². The molecule has 0 amide bonds. The van der Waals surface area contributed by atoms with E-state index in [2.05, 4.69) is 0 Å². The number of aliphatic hydroxyl groups excluding tert-OH is 1. The molecule has 2 aromatic rings. The van der Waals surface area contributed by atoms with Crippen LogP contribution in [0.15, 0.2) is 42.5 Å². The summed E-state index contributed by atoms with van der Waals surface area (Å²) in [6.45, 7) is 1.92. The smallest absolute Gasteiger partial charge is 0.118 e. The molecule has 0 aliphatic carbocycles. The molecular weight excluding hydrogens is 248 g/mol. The first-order chi connectivity index (χ1) is 8.61. The fraction of sp³-hybridized carbons (Fsp3) is 0.200. The van der Waals surface area contributed by atoms with E-state index < -0.39 is 6.10 Å². The Morgan fingerprint density at radius 3 is 2.22 bits per heavy atom. The van der Waals surface area contributed by atoms with Crippen molar-refractivity contribution >= 4 is 11.6 Å². The van der Waals surface area contributed by atoms with Gasteiger partial charge >= 0.3 is 0 Å². The lowest BCUT2D eigenvalue weighted by Crippen LogP contribution is -2.00. The van der Waals surface area contributed by atoms with Gasteiger partial charge in [-0.3, -0.25) is 0 Å². The van der Waals surface area contributed by atoms with Gasteiger partial charge in [0.05, 0.1) is 7.11 Å². The maximum Gasteiger partial charge on any atom is 0.118 e. The molecule has 0 saturated heterocycles. The van der Waals surface area contributed by atoms with Crippen molar-refractivity contribution in [3.8, 4) is 5.75 Å². The summed E-state index contributed by atoms with van der Waals surface area (Å²) in [5, 5.41) is 11.0. The summed E-state index contributed by atoms with van der Waals surface area (Å²) in [6, 6.07) is 12.9. The fourth-order valence-corrected chi connectivity index (χ4v) is 1.93. The van der Waals surface area contributed by atoms with E-state index in [1.54, 1.807) is 13.2 Å². The second-order valence-electron chi connectivity index (χ2n) is 4.18. The van der Waals surface area contributed by atoms with Crippen molar-refractivity contribution in [3.63, 3.8) is 0 Å². The van der Waals surface area contributed by atoms with Crippen LogP contribution in [0.4, 0.5) is 0 Å². The molecule has 0 aliphatic rings. The van der Waals surface area contributed by atoms with Gasteiger partial charge in [0.2, 0.25) is 0 Å². The fourth-order valence-electron chi connectivity index (χ4n) is 1.82. The molecule has 0 bridgehead atoms. The molecule has 1 N–H and O–H groups in total. The first-order valence-electron chi connectivity index (χ1n) is 5.70. The van der Waals surface area contributed by atoms with Crippen molar-refractivity contribution in [1.82, 2.24) is 0 Å². The number of methoxy groups -OCH3 is 1. The zero-order valence-electron chi connectivity index (χ0n) is 10.4. The van der Waals surface area contributed by atoms with Crippen molar-refractivity contribution in [3.05, 3.63) is 64.2 Å². The Kier molecular flexibility index (Phi) is 3.90. The summed E-state index contributed by atoms with van der Waals surface area (Å²) in [6.07, 6.45) is -0.646. The van der Waals surface area contributed by atoms with Crippen LogP contribution in [0.3, 0.4) is 0 Å². The summed E-state index contributed by atoms with van der Waals surface area (Å²) in [5.41, 5.74) is 2.63. The molecule has 3 heteroatoms. The van der Waals surface area contributed by atoms with Crippen LogP contribution in [0.2, 0.25) is 5.02 Å². The van der Waals surface area contributed by atoms with E-state index in [9.17, 15) is 5.11 Å². The Labute approximate surface area is 112 Å². The largest absolute Gasteiger partial charge is 0.497 e. The van der Waals surface area contributed by atoms with Crippen LogP contribution in [0.25, 0.3) is 0 Å². The topological polar surface area (TPSA) is 29.5 Å². The van der Waals surface area contributed by atoms with Gasteiger partial charge in [0.15, 0.2) is 0 Å². The van der Waals surface area contributed by atoms with E-state index >= 15 is 0 Å². The lowest BCUT2D eigenvalue weighted by Gasteiger charge is -2.13. The minimum atomic E-state index is -0.646. The number of aryl methyl sites for hydroxylation is 1. The molecule has 2 rings (SSSR count). The van der Waals surface area contributed by atoms with Crippen molar-refractivity contribution in [2.45, 2.75) is 13.0 Å². The summed E-state index contributed by atoms with van der Waals surface area (Å²) in [4.78, 5) is 0. The van der Waals surface area contributed by atoms with Gasteiger partial charge in [-0.05, 0) is 41.8 Å². The van der Waals surface area contributed by atoms with E-state index in [4.69, 9.17) is 16.3 Å². The van der Waals surface area contributed by atoms with Crippen LogP contribution in [0, 0.1) is 6.92 Å². The Morgan fingerprint density at radius 2 is 1.67 bits per heavy atom. The second kappa shape index (κ2) is 5.42. The quantitative estimate of drug-likeness (QED) is 0.913. The number of hydrogen-bond donors (Lipinski definition) is 1. The summed E-state index contributed by atoms with van der Waals surface area (Å²) in [5.74, 6) is 0.776. The van der Waals surface area contributed by atoms with Gasteiger partial charge in [0, 0.05) is 5.02 Å². The molecule has 0 saturated carbocycles. The van der Waals surface area contributed by atoms with E-state index in [1.807, 2.05) is 43.3 Å². The lowest BCUT2D eigenvalue weighted by atomic mass is 10.00.